The first kappa shape index (κ1) is 13.6. The second-order valence-electron chi connectivity index (χ2n) is 4.82. The number of hydrogen-bond acceptors (Lipinski definition) is 2. The highest BCUT2D eigenvalue weighted by atomic mass is 79.9. The third-order valence-electron chi connectivity index (χ3n) is 3.39. The van der Waals surface area contributed by atoms with Crippen molar-refractivity contribution in [1.29, 1.82) is 0 Å². The average Bonchev–Trinajstić information content (AvgIpc) is 2.39. The van der Waals surface area contributed by atoms with E-state index in [0.29, 0.717) is 5.92 Å². The molecule has 98 valence electrons. The van der Waals surface area contributed by atoms with Crippen LogP contribution in [-0.2, 0) is 0 Å². The van der Waals surface area contributed by atoms with Crippen LogP contribution in [0.15, 0.2) is 28.7 Å². The molecule has 18 heavy (non-hydrogen) atoms. The quantitative estimate of drug-likeness (QED) is 0.930. The number of halogens is 1. The van der Waals surface area contributed by atoms with Gasteiger partial charge in [0.05, 0.1) is 0 Å². The maximum absolute atomic E-state index is 12.4. The lowest BCUT2D eigenvalue weighted by molar-refractivity contribution is 0.0674. The Labute approximate surface area is 117 Å². The van der Waals surface area contributed by atoms with Crippen LogP contribution in [0.4, 0.5) is 0 Å². The minimum absolute atomic E-state index is 0.156. The van der Waals surface area contributed by atoms with E-state index in [4.69, 9.17) is 0 Å². The monoisotopic (exact) mass is 310 g/mol. The molecule has 1 N–H and O–H groups in total. The highest BCUT2D eigenvalue weighted by Gasteiger charge is 2.23. The van der Waals surface area contributed by atoms with Gasteiger partial charge in [0.25, 0.3) is 5.91 Å². The zero-order valence-electron chi connectivity index (χ0n) is 10.7. The van der Waals surface area contributed by atoms with Crippen molar-refractivity contribution in [3.8, 4) is 0 Å². The fourth-order valence-electron chi connectivity index (χ4n) is 2.48. The molecule has 1 saturated heterocycles. The van der Waals surface area contributed by atoms with Crippen LogP contribution in [0.2, 0.25) is 0 Å². The molecule has 3 nitrogen and oxygen atoms in total. The fraction of sp³-hybridized carbons (Fsp3) is 0.500. The number of piperidine rings is 1. The van der Waals surface area contributed by atoms with Gasteiger partial charge >= 0.3 is 0 Å². The van der Waals surface area contributed by atoms with Crippen LogP contribution in [0.5, 0.6) is 0 Å². The van der Waals surface area contributed by atoms with E-state index < -0.39 is 0 Å². The van der Waals surface area contributed by atoms with Crippen molar-refractivity contribution in [2.45, 2.75) is 12.8 Å². The van der Waals surface area contributed by atoms with E-state index in [1.807, 2.05) is 36.2 Å². The molecular weight excluding hydrogens is 292 g/mol. The summed E-state index contributed by atoms with van der Waals surface area (Å²) in [6.07, 6.45) is 2.32. The molecule has 1 aromatic rings. The SMILES string of the molecule is CNC[C@@H]1CCCN(C(=O)c2ccc(Br)cc2)C1. The summed E-state index contributed by atoms with van der Waals surface area (Å²) >= 11 is 3.39. The molecule has 0 bridgehead atoms. The number of benzene rings is 1. The van der Waals surface area contributed by atoms with Gasteiger partial charge in [-0.2, -0.15) is 0 Å². The average molecular weight is 311 g/mol. The predicted octanol–water partition coefficient (Wildman–Crippen LogP) is 2.52. The molecule has 1 heterocycles. The summed E-state index contributed by atoms with van der Waals surface area (Å²) in [6.45, 7) is 2.75. The number of nitrogens with one attached hydrogen (secondary N) is 1. The lowest BCUT2D eigenvalue weighted by atomic mass is 9.97. The Hall–Kier alpha value is -0.870. The summed E-state index contributed by atoms with van der Waals surface area (Å²) in [4.78, 5) is 14.3. The Bertz CT molecular complexity index is 403. The van der Waals surface area contributed by atoms with Crippen molar-refractivity contribution in [2.75, 3.05) is 26.7 Å². The zero-order chi connectivity index (χ0) is 13.0. The predicted molar refractivity (Wildman–Crippen MR) is 76.7 cm³/mol. The molecule has 0 unspecified atom stereocenters. The van der Waals surface area contributed by atoms with Crippen LogP contribution >= 0.6 is 15.9 Å². The van der Waals surface area contributed by atoms with E-state index in [1.165, 1.54) is 6.42 Å². The normalized spacial score (nSPS) is 19.9. The van der Waals surface area contributed by atoms with Gasteiger partial charge in [-0.3, -0.25) is 4.79 Å². The van der Waals surface area contributed by atoms with E-state index in [-0.39, 0.29) is 5.91 Å². The molecule has 0 saturated carbocycles. The molecule has 1 aliphatic rings. The summed E-state index contributed by atoms with van der Waals surface area (Å²) in [7, 11) is 1.97. The van der Waals surface area contributed by atoms with Crippen LogP contribution in [0.1, 0.15) is 23.2 Å². The maximum atomic E-state index is 12.4. The molecule has 1 atom stereocenters. The van der Waals surface area contributed by atoms with E-state index >= 15 is 0 Å². The van der Waals surface area contributed by atoms with Gasteiger partial charge in [0.2, 0.25) is 0 Å². The number of carbonyl (C=O) groups excluding carboxylic acids is 1. The Balaban J connectivity index is 2.02. The minimum Gasteiger partial charge on any atom is -0.338 e. The number of hydrogen-bond donors (Lipinski definition) is 1. The van der Waals surface area contributed by atoms with Gasteiger partial charge in [-0.1, -0.05) is 15.9 Å². The summed E-state index contributed by atoms with van der Waals surface area (Å²) < 4.78 is 1.01. The lowest BCUT2D eigenvalue weighted by Crippen LogP contribution is -2.42. The van der Waals surface area contributed by atoms with Gasteiger partial charge in [-0.05, 0) is 56.6 Å². The third kappa shape index (κ3) is 3.33. The number of likely N-dealkylation sites (tertiary alicyclic amines) is 1. The van der Waals surface area contributed by atoms with Gasteiger partial charge in [-0.15, -0.1) is 0 Å². The van der Waals surface area contributed by atoms with Crippen LogP contribution in [-0.4, -0.2) is 37.5 Å². The van der Waals surface area contributed by atoms with Gasteiger partial charge in [0, 0.05) is 23.1 Å². The number of amides is 1. The Morgan fingerprint density at radius 1 is 1.44 bits per heavy atom. The van der Waals surface area contributed by atoms with E-state index in [0.717, 1.165) is 36.1 Å². The van der Waals surface area contributed by atoms with Crippen LogP contribution in [0, 0.1) is 5.92 Å². The molecule has 0 spiro atoms. The van der Waals surface area contributed by atoms with Crippen LogP contribution in [0.25, 0.3) is 0 Å². The van der Waals surface area contributed by atoms with Crippen molar-refractivity contribution in [1.82, 2.24) is 10.2 Å². The Kier molecular flexibility index (Phi) is 4.78. The van der Waals surface area contributed by atoms with Crippen molar-refractivity contribution < 1.29 is 4.79 Å². The standard InChI is InChI=1S/C14H19BrN2O/c1-16-9-11-3-2-8-17(10-11)14(18)12-4-6-13(15)7-5-12/h4-7,11,16H,2-3,8-10H2,1H3/t11-/m0/s1. The first-order chi connectivity index (χ1) is 8.70. The third-order valence-corrected chi connectivity index (χ3v) is 3.92. The minimum atomic E-state index is 0.156. The molecule has 1 fully saturated rings. The summed E-state index contributed by atoms with van der Waals surface area (Å²) in [5, 5.41) is 3.20. The molecule has 2 rings (SSSR count). The fourth-order valence-corrected chi connectivity index (χ4v) is 2.74. The highest BCUT2D eigenvalue weighted by molar-refractivity contribution is 9.10. The largest absolute Gasteiger partial charge is 0.338 e. The smallest absolute Gasteiger partial charge is 0.253 e. The first-order valence-corrected chi connectivity index (χ1v) is 7.19. The molecular formula is C14H19BrN2O. The first-order valence-electron chi connectivity index (χ1n) is 6.40. The summed E-state index contributed by atoms with van der Waals surface area (Å²) in [5.41, 5.74) is 0.781. The van der Waals surface area contributed by atoms with Gasteiger partial charge in [-0.25, -0.2) is 0 Å². The Morgan fingerprint density at radius 2 is 2.17 bits per heavy atom. The lowest BCUT2D eigenvalue weighted by Gasteiger charge is -2.32. The second kappa shape index (κ2) is 6.34. The van der Waals surface area contributed by atoms with Gasteiger partial charge in [0.15, 0.2) is 0 Å². The molecule has 0 aromatic heterocycles. The van der Waals surface area contributed by atoms with Crippen molar-refractivity contribution in [3.63, 3.8) is 0 Å². The van der Waals surface area contributed by atoms with Crippen molar-refractivity contribution in [3.05, 3.63) is 34.3 Å². The summed E-state index contributed by atoms with van der Waals surface area (Å²) in [6, 6.07) is 7.60. The molecule has 4 heteroatoms. The summed E-state index contributed by atoms with van der Waals surface area (Å²) in [5.74, 6) is 0.742. The topological polar surface area (TPSA) is 32.3 Å². The van der Waals surface area contributed by atoms with Crippen molar-refractivity contribution in [2.24, 2.45) is 5.92 Å². The molecule has 0 aliphatic carbocycles. The number of rotatable bonds is 3. The van der Waals surface area contributed by atoms with Crippen molar-refractivity contribution >= 4 is 21.8 Å². The van der Waals surface area contributed by atoms with E-state index in [2.05, 4.69) is 21.2 Å². The molecule has 0 radical (unpaired) electrons. The zero-order valence-corrected chi connectivity index (χ0v) is 12.2. The second-order valence-corrected chi connectivity index (χ2v) is 5.74. The molecule has 1 amide bonds. The van der Waals surface area contributed by atoms with Crippen LogP contribution in [0.3, 0.4) is 0 Å². The molecule has 1 aromatic carbocycles. The Morgan fingerprint density at radius 3 is 2.83 bits per heavy atom. The van der Waals surface area contributed by atoms with Gasteiger partial charge < -0.3 is 10.2 Å². The van der Waals surface area contributed by atoms with Crippen LogP contribution < -0.4 is 5.32 Å². The van der Waals surface area contributed by atoms with E-state index in [1.54, 1.807) is 0 Å². The highest BCUT2D eigenvalue weighted by Crippen LogP contribution is 2.19. The maximum Gasteiger partial charge on any atom is 0.253 e. The number of carbonyl (C=O) groups is 1. The molecule has 1 aliphatic heterocycles. The number of nitrogens with zero attached hydrogens (tertiary/aromatic N) is 1. The van der Waals surface area contributed by atoms with E-state index in [9.17, 15) is 4.79 Å². The van der Waals surface area contributed by atoms with Gasteiger partial charge in [0.1, 0.15) is 0 Å².